The molecule has 0 aromatic carbocycles. The van der Waals surface area contributed by atoms with Crippen molar-refractivity contribution in [2.75, 3.05) is 19.6 Å². The fraction of sp³-hybridized carbons (Fsp3) is 0.852. The molecule has 4 nitrogen and oxygen atoms in total. The number of unbranched alkanes of at least 4 members (excludes halogenated alkanes) is 12. The van der Waals surface area contributed by atoms with Gasteiger partial charge in [-0.25, -0.2) is 4.99 Å². The SMILES string of the molecule is CCCCCCCCC/C=C/CCCCCCCC1=NCC[N+]1(CC)C(C)NC(C)=O. The molecular weight excluding hydrogens is 382 g/mol. The van der Waals surface area contributed by atoms with Crippen molar-refractivity contribution in [2.45, 2.75) is 130 Å². The van der Waals surface area contributed by atoms with Crippen LogP contribution in [-0.2, 0) is 4.79 Å². The monoisotopic (exact) mass is 434 g/mol. The highest BCUT2D eigenvalue weighted by molar-refractivity contribution is 5.78. The molecule has 1 aliphatic rings. The van der Waals surface area contributed by atoms with Crippen molar-refractivity contribution in [3.8, 4) is 0 Å². The van der Waals surface area contributed by atoms with Crippen LogP contribution < -0.4 is 5.32 Å². The van der Waals surface area contributed by atoms with E-state index in [4.69, 9.17) is 4.99 Å². The maximum absolute atomic E-state index is 11.5. The average molecular weight is 435 g/mol. The summed E-state index contributed by atoms with van der Waals surface area (Å²) in [6.45, 7) is 11.2. The van der Waals surface area contributed by atoms with Gasteiger partial charge < -0.3 is 5.32 Å². The van der Waals surface area contributed by atoms with Gasteiger partial charge in [-0.3, -0.25) is 9.28 Å². The molecule has 1 aliphatic heterocycles. The first-order valence-corrected chi connectivity index (χ1v) is 13.4. The molecule has 2 atom stereocenters. The molecule has 0 aliphatic carbocycles. The van der Waals surface area contributed by atoms with E-state index >= 15 is 0 Å². The molecule has 180 valence electrons. The molecule has 31 heavy (non-hydrogen) atoms. The zero-order chi connectivity index (χ0) is 22.8. The van der Waals surface area contributed by atoms with Crippen molar-refractivity contribution in [3.05, 3.63) is 12.2 Å². The van der Waals surface area contributed by atoms with Crippen LogP contribution in [0.3, 0.4) is 0 Å². The van der Waals surface area contributed by atoms with E-state index in [-0.39, 0.29) is 12.1 Å². The highest BCUT2D eigenvalue weighted by atomic mass is 16.1. The molecule has 0 bridgehead atoms. The van der Waals surface area contributed by atoms with Crippen LogP contribution in [0.1, 0.15) is 124 Å². The Morgan fingerprint density at radius 2 is 1.48 bits per heavy atom. The lowest BCUT2D eigenvalue weighted by atomic mass is 10.1. The number of hydrogen-bond donors (Lipinski definition) is 1. The van der Waals surface area contributed by atoms with E-state index in [1.807, 2.05) is 0 Å². The lowest BCUT2D eigenvalue weighted by Gasteiger charge is -2.39. The Labute approximate surface area is 193 Å². The number of quaternary nitrogens is 1. The Hall–Kier alpha value is -1.16. The van der Waals surface area contributed by atoms with Crippen LogP contribution in [0.4, 0.5) is 0 Å². The molecule has 0 aromatic heterocycles. The van der Waals surface area contributed by atoms with Crippen molar-refractivity contribution in [3.63, 3.8) is 0 Å². The molecule has 0 saturated carbocycles. The number of likely N-dealkylation sites (N-methyl/N-ethyl adjacent to an activating group) is 1. The van der Waals surface area contributed by atoms with Gasteiger partial charge in [-0.1, -0.05) is 76.9 Å². The predicted molar refractivity (Wildman–Crippen MR) is 135 cm³/mol. The molecule has 0 aromatic rings. The minimum absolute atomic E-state index is 0.0566. The van der Waals surface area contributed by atoms with Crippen LogP contribution in [0.15, 0.2) is 17.1 Å². The first-order valence-electron chi connectivity index (χ1n) is 13.4. The average Bonchev–Trinajstić information content (AvgIpc) is 3.17. The third-order valence-electron chi connectivity index (χ3n) is 6.94. The fourth-order valence-corrected chi connectivity index (χ4v) is 4.91. The Morgan fingerprint density at radius 1 is 0.935 bits per heavy atom. The zero-order valence-electron chi connectivity index (χ0n) is 21.3. The Morgan fingerprint density at radius 3 is 2.03 bits per heavy atom. The van der Waals surface area contributed by atoms with Gasteiger partial charge in [0.05, 0.1) is 13.1 Å². The van der Waals surface area contributed by atoms with Crippen LogP contribution >= 0.6 is 0 Å². The number of allylic oxidation sites excluding steroid dienone is 2. The molecule has 1 rings (SSSR count). The summed E-state index contributed by atoms with van der Waals surface area (Å²) in [5.74, 6) is 1.36. The molecule has 1 amide bonds. The van der Waals surface area contributed by atoms with Gasteiger partial charge in [0.2, 0.25) is 5.91 Å². The number of amidine groups is 1. The molecule has 1 N–H and O–H groups in total. The minimum atomic E-state index is 0.0566. The number of hydrogen-bond acceptors (Lipinski definition) is 2. The van der Waals surface area contributed by atoms with E-state index in [1.165, 1.54) is 95.7 Å². The van der Waals surface area contributed by atoms with Gasteiger partial charge in [-0.05, 0) is 39.0 Å². The summed E-state index contributed by atoms with van der Waals surface area (Å²) in [5, 5.41) is 3.11. The molecule has 0 saturated heterocycles. The van der Waals surface area contributed by atoms with Crippen molar-refractivity contribution in [1.82, 2.24) is 5.32 Å². The number of rotatable bonds is 19. The lowest BCUT2D eigenvalue weighted by Crippen LogP contribution is -2.62. The fourth-order valence-electron chi connectivity index (χ4n) is 4.91. The first kappa shape index (κ1) is 27.9. The lowest BCUT2D eigenvalue weighted by molar-refractivity contribution is -0.861. The number of amides is 1. The Kier molecular flexibility index (Phi) is 15.6. The summed E-state index contributed by atoms with van der Waals surface area (Å²) >= 11 is 0. The third kappa shape index (κ3) is 11.3. The van der Waals surface area contributed by atoms with Crippen LogP contribution in [-0.4, -0.2) is 42.0 Å². The minimum Gasteiger partial charge on any atom is -0.307 e. The number of carbonyl (C=O) groups is 1. The van der Waals surface area contributed by atoms with Crippen LogP contribution in [0.5, 0.6) is 0 Å². The van der Waals surface area contributed by atoms with Gasteiger partial charge in [-0.2, -0.15) is 0 Å². The van der Waals surface area contributed by atoms with Gasteiger partial charge in [0.25, 0.3) is 0 Å². The summed E-state index contributed by atoms with van der Waals surface area (Å²) in [6, 6.07) is 0. The summed E-state index contributed by atoms with van der Waals surface area (Å²) in [6.07, 6.45) is 24.8. The maximum atomic E-state index is 11.5. The molecule has 0 spiro atoms. The van der Waals surface area contributed by atoms with Gasteiger partial charge in [0.1, 0.15) is 6.54 Å². The summed E-state index contributed by atoms with van der Waals surface area (Å²) < 4.78 is 0.850. The molecule has 4 heteroatoms. The van der Waals surface area contributed by atoms with E-state index < -0.39 is 0 Å². The smallest absolute Gasteiger partial charge is 0.221 e. The molecular formula is C27H52N3O+. The summed E-state index contributed by atoms with van der Waals surface area (Å²) in [7, 11) is 0. The molecule has 1 heterocycles. The second-order valence-electron chi connectivity index (χ2n) is 9.44. The normalized spacial score (nSPS) is 19.7. The second kappa shape index (κ2) is 17.4. The highest BCUT2D eigenvalue weighted by Gasteiger charge is 2.41. The summed E-state index contributed by atoms with van der Waals surface area (Å²) in [4.78, 5) is 16.4. The van der Waals surface area contributed by atoms with Crippen molar-refractivity contribution in [2.24, 2.45) is 4.99 Å². The van der Waals surface area contributed by atoms with E-state index in [0.717, 1.165) is 30.5 Å². The number of aliphatic imine (C=N–C) groups is 1. The number of nitrogens with zero attached hydrogens (tertiary/aromatic N) is 2. The first-order chi connectivity index (χ1) is 15.1. The van der Waals surface area contributed by atoms with Gasteiger partial charge in [-0.15, -0.1) is 0 Å². The van der Waals surface area contributed by atoms with Gasteiger partial charge in [0, 0.05) is 20.3 Å². The molecule has 0 radical (unpaired) electrons. The van der Waals surface area contributed by atoms with Crippen LogP contribution in [0, 0.1) is 0 Å². The van der Waals surface area contributed by atoms with Crippen LogP contribution in [0.25, 0.3) is 0 Å². The number of nitrogens with one attached hydrogen (secondary N) is 1. The standard InChI is InChI=1S/C27H51N3O/c1-5-7-8-9-10-11-12-13-14-15-16-17-18-19-20-21-22-27-28-23-24-30(27,6-2)25(3)29-26(4)31/h14-15,25H,5-13,16-24H2,1-4H3/p+1/b15-14+. The molecule has 0 fully saturated rings. The van der Waals surface area contributed by atoms with E-state index in [2.05, 4.69) is 38.2 Å². The van der Waals surface area contributed by atoms with Crippen molar-refractivity contribution >= 4 is 11.7 Å². The number of carbonyl (C=O) groups excluding carboxylic acids is 1. The Balaban J connectivity index is 2.05. The summed E-state index contributed by atoms with van der Waals surface area (Å²) in [5.41, 5.74) is 0. The van der Waals surface area contributed by atoms with Gasteiger partial charge in [0.15, 0.2) is 12.0 Å². The van der Waals surface area contributed by atoms with Crippen LogP contribution in [0.2, 0.25) is 0 Å². The second-order valence-corrected chi connectivity index (χ2v) is 9.44. The zero-order valence-corrected chi connectivity index (χ0v) is 21.3. The van der Waals surface area contributed by atoms with E-state index in [1.54, 1.807) is 6.92 Å². The topological polar surface area (TPSA) is 41.5 Å². The highest BCUT2D eigenvalue weighted by Crippen LogP contribution is 2.23. The Bertz CT molecular complexity index is 529. The van der Waals surface area contributed by atoms with Crippen molar-refractivity contribution < 1.29 is 9.28 Å². The van der Waals surface area contributed by atoms with Gasteiger partial charge >= 0.3 is 0 Å². The quantitative estimate of drug-likeness (QED) is 0.131. The maximum Gasteiger partial charge on any atom is 0.221 e. The largest absolute Gasteiger partial charge is 0.307 e. The van der Waals surface area contributed by atoms with Crippen molar-refractivity contribution in [1.29, 1.82) is 0 Å². The van der Waals surface area contributed by atoms with E-state index in [9.17, 15) is 4.79 Å². The molecule has 2 unspecified atom stereocenters. The van der Waals surface area contributed by atoms with E-state index in [0.29, 0.717) is 0 Å². The third-order valence-corrected chi connectivity index (χ3v) is 6.94. The predicted octanol–water partition coefficient (Wildman–Crippen LogP) is 7.14.